The summed E-state index contributed by atoms with van der Waals surface area (Å²) in [5, 5.41) is 10.7. The molecule has 1 aliphatic rings. The van der Waals surface area contributed by atoms with Crippen LogP contribution < -0.4 is 0 Å². The smallest absolute Gasteiger partial charge is 0.254 e. The Morgan fingerprint density at radius 2 is 1.96 bits per heavy atom. The van der Waals surface area contributed by atoms with E-state index in [9.17, 15) is 9.18 Å². The molecule has 0 aliphatic carbocycles. The number of nitrogens with zero attached hydrogens (tertiary/aromatic N) is 4. The van der Waals surface area contributed by atoms with Gasteiger partial charge in [0.25, 0.3) is 5.91 Å². The van der Waals surface area contributed by atoms with E-state index >= 15 is 0 Å². The number of aromatic amines is 1. The third-order valence-corrected chi connectivity index (χ3v) is 5.45. The molecule has 0 saturated carbocycles. The second kappa shape index (κ2) is 7.67. The van der Waals surface area contributed by atoms with Crippen LogP contribution in [0.2, 0.25) is 0 Å². The van der Waals surface area contributed by atoms with Crippen LogP contribution >= 0.6 is 0 Å². The molecule has 1 aromatic heterocycles. The topological polar surface area (TPSA) is 65.1 Å². The number of hydrogen-bond donors (Lipinski definition) is 1. The highest BCUT2D eigenvalue weighted by atomic mass is 19.1. The number of nitrogens with one attached hydrogen (secondary N) is 1. The first-order chi connectivity index (χ1) is 13.5. The van der Waals surface area contributed by atoms with Gasteiger partial charge in [-0.1, -0.05) is 32.0 Å². The number of carbonyl (C=O) groups is 1. The van der Waals surface area contributed by atoms with Crippen LogP contribution in [-0.2, 0) is 6.54 Å². The van der Waals surface area contributed by atoms with Crippen molar-refractivity contribution < 1.29 is 9.18 Å². The molecule has 1 aliphatic heterocycles. The first-order valence-electron chi connectivity index (χ1n) is 9.60. The molecule has 2 heterocycles. The summed E-state index contributed by atoms with van der Waals surface area (Å²) in [6.45, 7) is 6.87. The van der Waals surface area contributed by atoms with Crippen LogP contribution in [0.15, 0.2) is 42.5 Å². The number of rotatable bonds is 4. The van der Waals surface area contributed by atoms with E-state index in [-0.39, 0.29) is 17.8 Å². The van der Waals surface area contributed by atoms with E-state index in [0.717, 1.165) is 18.6 Å². The SMILES string of the molecule is CC(C)[C@H]1CN(Cc2ccccc2F)CCN1C(=O)c1ccc2n[nH]nc2c1. The number of amides is 1. The van der Waals surface area contributed by atoms with Crippen LogP contribution in [0.25, 0.3) is 11.0 Å². The molecule has 1 N–H and O–H groups in total. The van der Waals surface area contributed by atoms with Gasteiger partial charge in [-0.2, -0.15) is 15.4 Å². The zero-order valence-electron chi connectivity index (χ0n) is 16.1. The Kier molecular flexibility index (Phi) is 5.09. The first kappa shape index (κ1) is 18.6. The third-order valence-electron chi connectivity index (χ3n) is 5.45. The molecule has 2 aromatic carbocycles. The second-order valence-electron chi connectivity index (χ2n) is 7.66. The van der Waals surface area contributed by atoms with E-state index < -0.39 is 0 Å². The Morgan fingerprint density at radius 1 is 1.18 bits per heavy atom. The number of halogens is 1. The molecule has 7 heteroatoms. The summed E-state index contributed by atoms with van der Waals surface area (Å²) in [5.41, 5.74) is 2.74. The van der Waals surface area contributed by atoms with Crippen LogP contribution in [0.5, 0.6) is 0 Å². The zero-order chi connectivity index (χ0) is 19.7. The van der Waals surface area contributed by atoms with E-state index in [4.69, 9.17) is 0 Å². The highest BCUT2D eigenvalue weighted by molar-refractivity contribution is 5.97. The van der Waals surface area contributed by atoms with E-state index in [1.54, 1.807) is 18.2 Å². The molecule has 4 rings (SSSR count). The van der Waals surface area contributed by atoms with Crippen molar-refractivity contribution in [3.63, 3.8) is 0 Å². The molecule has 6 nitrogen and oxygen atoms in total. The van der Waals surface area contributed by atoms with Gasteiger partial charge in [0.05, 0.1) is 0 Å². The Morgan fingerprint density at radius 3 is 2.75 bits per heavy atom. The van der Waals surface area contributed by atoms with Gasteiger partial charge in [-0.3, -0.25) is 9.69 Å². The van der Waals surface area contributed by atoms with Crippen molar-refractivity contribution in [1.82, 2.24) is 25.2 Å². The van der Waals surface area contributed by atoms with Gasteiger partial charge in [-0.15, -0.1) is 0 Å². The van der Waals surface area contributed by atoms with Gasteiger partial charge < -0.3 is 4.90 Å². The van der Waals surface area contributed by atoms with Gasteiger partial charge in [0.2, 0.25) is 0 Å². The number of piperazine rings is 1. The van der Waals surface area contributed by atoms with E-state index in [1.807, 2.05) is 23.1 Å². The lowest BCUT2D eigenvalue weighted by Crippen LogP contribution is -2.56. The summed E-state index contributed by atoms with van der Waals surface area (Å²) in [6.07, 6.45) is 0. The van der Waals surface area contributed by atoms with Crippen molar-refractivity contribution in [2.24, 2.45) is 5.92 Å². The van der Waals surface area contributed by atoms with Crippen LogP contribution in [0.1, 0.15) is 29.8 Å². The lowest BCUT2D eigenvalue weighted by Gasteiger charge is -2.43. The van der Waals surface area contributed by atoms with E-state index in [2.05, 4.69) is 34.2 Å². The lowest BCUT2D eigenvalue weighted by molar-refractivity contribution is 0.0326. The lowest BCUT2D eigenvalue weighted by atomic mass is 9.98. The minimum absolute atomic E-state index is 0.00846. The fraction of sp³-hybridized carbons (Fsp3) is 0.381. The minimum atomic E-state index is -0.178. The van der Waals surface area contributed by atoms with Crippen molar-refractivity contribution >= 4 is 16.9 Å². The third kappa shape index (κ3) is 3.62. The Hall–Kier alpha value is -2.80. The van der Waals surface area contributed by atoms with Crippen molar-refractivity contribution in [3.8, 4) is 0 Å². The molecule has 0 unspecified atom stereocenters. The summed E-state index contributed by atoms with van der Waals surface area (Å²) < 4.78 is 14.0. The molecule has 1 saturated heterocycles. The molecule has 1 atom stereocenters. The zero-order valence-corrected chi connectivity index (χ0v) is 16.1. The molecule has 146 valence electrons. The van der Waals surface area contributed by atoms with Gasteiger partial charge in [-0.25, -0.2) is 4.39 Å². The molecule has 3 aromatic rings. The molecular formula is C21H24FN5O. The second-order valence-corrected chi connectivity index (χ2v) is 7.66. The Labute approximate surface area is 163 Å². The monoisotopic (exact) mass is 381 g/mol. The van der Waals surface area contributed by atoms with Crippen LogP contribution in [0, 0.1) is 11.7 Å². The van der Waals surface area contributed by atoms with Crippen LogP contribution in [-0.4, -0.2) is 56.8 Å². The molecule has 0 radical (unpaired) electrons. The van der Waals surface area contributed by atoms with Crippen molar-refractivity contribution in [1.29, 1.82) is 0 Å². The van der Waals surface area contributed by atoms with Crippen molar-refractivity contribution in [3.05, 3.63) is 59.4 Å². The predicted octanol–water partition coefficient (Wildman–Crippen LogP) is 3.08. The Bertz CT molecular complexity index is 986. The molecule has 0 bridgehead atoms. The molecule has 1 fully saturated rings. The van der Waals surface area contributed by atoms with Gasteiger partial charge >= 0.3 is 0 Å². The molecule has 0 spiro atoms. The highest BCUT2D eigenvalue weighted by Gasteiger charge is 2.33. The van der Waals surface area contributed by atoms with Crippen LogP contribution in [0.4, 0.5) is 4.39 Å². The highest BCUT2D eigenvalue weighted by Crippen LogP contribution is 2.23. The number of fused-ring (bicyclic) bond motifs is 1. The summed E-state index contributed by atoms with van der Waals surface area (Å²) in [5.74, 6) is 0.125. The molecule has 28 heavy (non-hydrogen) atoms. The normalized spacial score (nSPS) is 18.1. The largest absolute Gasteiger partial charge is 0.333 e. The van der Waals surface area contributed by atoms with Gasteiger partial charge in [-0.05, 0) is 30.2 Å². The van der Waals surface area contributed by atoms with Crippen LogP contribution in [0.3, 0.4) is 0 Å². The predicted molar refractivity (Wildman–Crippen MR) is 105 cm³/mol. The van der Waals surface area contributed by atoms with Gasteiger partial charge in [0.15, 0.2) is 0 Å². The number of benzene rings is 2. The molecular weight excluding hydrogens is 357 g/mol. The summed E-state index contributed by atoms with van der Waals surface area (Å²) in [4.78, 5) is 17.4. The summed E-state index contributed by atoms with van der Waals surface area (Å²) in [7, 11) is 0. The number of H-pyrrole nitrogens is 1. The maximum absolute atomic E-state index is 14.0. The van der Waals surface area contributed by atoms with Crippen molar-refractivity contribution in [2.45, 2.75) is 26.4 Å². The quantitative estimate of drug-likeness (QED) is 0.754. The average Bonchev–Trinajstić information content (AvgIpc) is 3.17. The maximum atomic E-state index is 14.0. The number of hydrogen-bond acceptors (Lipinski definition) is 4. The van der Waals surface area contributed by atoms with Gasteiger partial charge in [0.1, 0.15) is 16.9 Å². The maximum Gasteiger partial charge on any atom is 0.254 e. The summed E-state index contributed by atoms with van der Waals surface area (Å²) in [6, 6.07) is 12.3. The van der Waals surface area contributed by atoms with Crippen molar-refractivity contribution in [2.75, 3.05) is 19.6 Å². The number of carbonyl (C=O) groups excluding carboxylic acids is 1. The molecule has 1 amide bonds. The van der Waals surface area contributed by atoms with E-state index in [1.165, 1.54) is 6.07 Å². The fourth-order valence-electron chi connectivity index (χ4n) is 3.84. The Balaban J connectivity index is 1.51. The summed E-state index contributed by atoms with van der Waals surface area (Å²) >= 11 is 0. The standard InChI is InChI=1S/C21H24FN5O/c1-14(2)20-13-26(12-16-5-3-4-6-17(16)22)9-10-27(20)21(28)15-7-8-18-19(11-15)24-25-23-18/h3-8,11,14,20H,9-10,12-13H2,1-2H3,(H,23,24,25)/t20-/m1/s1. The minimum Gasteiger partial charge on any atom is -0.333 e. The fourth-order valence-corrected chi connectivity index (χ4v) is 3.84. The van der Waals surface area contributed by atoms with Gasteiger partial charge in [0, 0.05) is 43.3 Å². The first-order valence-corrected chi connectivity index (χ1v) is 9.60. The number of aromatic nitrogens is 3. The average molecular weight is 381 g/mol. The van der Waals surface area contributed by atoms with E-state index in [0.29, 0.717) is 35.7 Å².